The van der Waals surface area contributed by atoms with Crippen molar-refractivity contribution in [3.05, 3.63) is 12.2 Å². The number of aliphatic hydroxyl groups is 1. The number of rotatable bonds is 10. The minimum absolute atomic E-state index is 0.208. The molecule has 1 heterocycles. The van der Waals surface area contributed by atoms with Gasteiger partial charge in [0.2, 0.25) is 0 Å². The number of aliphatic hydroxyl groups excluding tert-OH is 1. The molecule has 0 amide bonds. The highest BCUT2D eigenvalue weighted by molar-refractivity contribution is 5.62. The van der Waals surface area contributed by atoms with Gasteiger partial charge in [0.15, 0.2) is 0 Å². The van der Waals surface area contributed by atoms with Gasteiger partial charge in [-0.25, -0.2) is 0 Å². The highest BCUT2D eigenvalue weighted by Gasteiger charge is 2.23. The molecule has 0 spiro atoms. The van der Waals surface area contributed by atoms with Crippen LogP contribution >= 0.6 is 0 Å². The molecule has 0 aromatic rings. The molecule has 0 aliphatic carbocycles. The third-order valence-electron chi connectivity index (χ3n) is 3.66. The molecule has 1 aliphatic heterocycles. The van der Waals surface area contributed by atoms with Crippen LogP contribution in [0.4, 0.5) is 0 Å². The Bertz CT molecular complexity index is 274. The van der Waals surface area contributed by atoms with Crippen LogP contribution in [0.1, 0.15) is 65.2 Å². The average Bonchev–Trinajstić information content (AvgIpc) is 2.85. The molecule has 0 saturated carbocycles. The van der Waals surface area contributed by atoms with Gasteiger partial charge in [-0.3, -0.25) is 9.89 Å². The van der Waals surface area contributed by atoms with E-state index in [9.17, 15) is 5.11 Å². The number of hydrogen-bond donors (Lipinski definition) is 1. The number of nitrogens with zero attached hydrogens (tertiary/aromatic N) is 2. The van der Waals surface area contributed by atoms with Crippen LogP contribution in [0.2, 0.25) is 0 Å². The van der Waals surface area contributed by atoms with E-state index in [1.54, 1.807) is 0 Å². The first-order chi connectivity index (χ1) is 9.25. The monoisotopic (exact) mass is 266 g/mol. The van der Waals surface area contributed by atoms with Gasteiger partial charge in [-0.1, -0.05) is 38.3 Å². The highest BCUT2D eigenvalue weighted by atomic mass is 16.3. The molecule has 3 heteroatoms. The van der Waals surface area contributed by atoms with Crippen molar-refractivity contribution in [2.24, 2.45) is 4.99 Å². The van der Waals surface area contributed by atoms with E-state index in [1.165, 1.54) is 44.9 Å². The van der Waals surface area contributed by atoms with E-state index in [1.807, 2.05) is 18.0 Å². The molecule has 19 heavy (non-hydrogen) atoms. The maximum atomic E-state index is 9.60. The van der Waals surface area contributed by atoms with Crippen LogP contribution in [0.3, 0.4) is 0 Å². The number of unbranched alkanes of at least 4 members (excludes halogenated alkanes) is 5. The van der Waals surface area contributed by atoms with Crippen LogP contribution < -0.4 is 0 Å². The summed E-state index contributed by atoms with van der Waals surface area (Å²) in [7, 11) is 0. The Labute approximate surface area is 118 Å². The summed E-state index contributed by atoms with van der Waals surface area (Å²) in [6.45, 7) is 4.85. The lowest BCUT2D eigenvalue weighted by Gasteiger charge is -2.25. The van der Waals surface area contributed by atoms with Crippen molar-refractivity contribution in [1.82, 2.24) is 4.90 Å². The molecule has 2 unspecified atom stereocenters. The smallest absolute Gasteiger partial charge is 0.106 e. The van der Waals surface area contributed by atoms with E-state index < -0.39 is 0 Å². The van der Waals surface area contributed by atoms with Crippen molar-refractivity contribution in [2.45, 2.75) is 77.6 Å². The Morgan fingerprint density at radius 2 is 2.00 bits per heavy atom. The van der Waals surface area contributed by atoms with Gasteiger partial charge in [-0.05, 0) is 39.0 Å². The Balaban J connectivity index is 1.99. The first-order valence-electron chi connectivity index (χ1n) is 7.86. The lowest BCUT2D eigenvalue weighted by Crippen LogP contribution is -2.37. The zero-order valence-electron chi connectivity index (χ0n) is 12.6. The summed E-state index contributed by atoms with van der Waals surface area (Å²) >= 11 is 0. The fraction of sp³-hybridized carbons (Fsp3) is 0.812. The molecule has 110 valence electrons. The summed E-state index contributed by atoms with van der Waals surface area (Å²) in [4.78, 5) is 6.48. The zero-order chi connectivity index (χ0) is 13.9. The van der Waals surface area contributed by atoms with Crippen LogP contribution in [-0.2, 0) is 0 Å². The third kappa shape index (κ3) is 6.88. The molecule has 0 bridgehead atoms. The molecule has 0 fully saturated rings. The van der Waals surface area contributed by atoms with E-state index in [2.05, 4.69) is 24.1 Å². The Morgan fingerprint density at radius 3 is 2.68 bits per heavy atom. The number of hydrogen-bond acceptors (Lipinski definition) is 3. The van der Waals surface area contributed by atoms with Crippen LogP contribution in [-0.4, -0.2) is 35.2 Å². The van der Waals surface area contributed by atoms with E-state index in [0.717, 1.165) is 13.0 Å². The molecule has 1 rings (SSSR count). The van der Waals surface area contributed by atoms with E-state index in [0.29, 0.717) is 0 Å². The number of aliphatic imine (C=N–C) groups is 1. The molecule has 3 nitrogen and oxygen atoms in total. The van der Waals surface area contributed by atoms with Crippen molar-refractivity contribution < 1.29 is 5.11 Å². The van der Waals surface area contributed by atoms with Gasteiger partial charge in [0.25, 0.3) is 0 Å². The average molecular weight is 266 g/mol. The van der Waals surface area contributed by atoms with Crippen molar-refractivity contribution in [3.63, 3.8) is 0 Å². The summed E-state index contributed by atoms with van der Waals surface area (Å²) in [6, 6.07) is 0. The Kier molecular flexibility index (Phi) is 8.76. The normalized spacial score (nSPS) is 21.5. The molecule has 1 N–H and O–H groups in total. The molecule has 2 atom stereocenters. The van der Waals surface area contributed by atoms with Gasteiger partial charge in [0, 0.05) is 12.8 Å². The predicted molar refractivity (Wildman–Crippen MR) is 82.4 cm³/mol. The maximum absolute atomic E-state index is 9.60. The molecule has 0 radical (unpaired) electrons. The summed E-state index contributed by atoms with van der Waals surface area (Å²) in [5.41, 5.74) is 0. The largest absolute Gasteiger partial charge is 0.379 e. The van der Waals surface area contributed by atoms with Gasteiger partial charge in [0.05, 0.1) is 0 Å². The zero-order valence-corrected chi connectivity index (χ0v) is 12.6. The van der Waals surface area contributed by atoms with Gasteiger partial charge >= 0.3 is 0 Å². The van der Waals surface area contributed by atoms with Crippen LogP contribution in [0, 0.1) is 0 Å². The lowest BCUT2D eigenvalue weighted by atomic mass is 10.1. The van der Waals surface area contributed by atoms with E-state index >= 15 is 0 Å². The molecule has 0 aromatic carbocycles. The van der Waals surface area contributed by atoms with Crippen LogP contribution in [0.15, 0.2) is 17.1 Å². The maximum Gasteiger partial charge on any atom is 0.106 e. The fourth-order valence-electron chi connectivity index (χ4n) is 2.44. The minimum Gasteiger partial charge on any atom is -0.379 e. The molecular weight excluding hydrogens is 236 g/mol. The predicted octanol–water partition coefficient (Wildman–Crippen LogP) is 3.73. The van der Waals surface area contributed by atoms with Crippen LogP contribution in [0.5, 0.6) is 0 Å². The second-order valence-electron chi connectivity index (χ2n) is 5.39. The second kappa shape index (κ2) is 10.2. The van der Waals surface area contributed by atoms with Gasteiger partial charge in [-0.2, -0.15) is 0 Å². The van der Waals surface area contributed by atoms with Gasteiger partial charge in [-0.15, -0.1) is 0 Å². The Hall–Kier alpha value is -0.670. The lowest BCUT2D eigenvalue weighted by molar-refractivity contribution is 0.00711. The highest BCUT2D eigenvalue weighted by Crippen LogP contribution is 2.17. The summed E-state index contributed by atoms with van der Waals surface area (Å²) < 4.78 is 0. The topological polar surface area (TPSA) is 35.8 Å². The Morgan fingerprint density at radius 1 is 1.26 bits per heavy atom. The summed E-state index contributed by atoms with van der Waals surface area (Å²) in [5, 5.41) is 9.60. The van der Waals surface area contributed by atoms with Crippen molar-refractivity contribution in [1.29, 1.82) is 0 Å². The molecule has 0 aromatic heterocycles. The second-order valence-corrected chi connectivity index (χ2v) is 5.39. The van der Waals surface area contributed by atoms with Crippen molar-refractivity contribution >= 4 is 6.21 Å². The summed E-state index contributed by atoms with van der Waals surface area (Å²) in [5.74, 6) is 0. The molecule has 0 saturated heterocycles. The van der Waals surface area contributed by atoms with Crippen molar-refractivity contribution in [3.8, 4) is 0 Å². The van der Waals surface area contributed by atoms with E-state index in [-0.39, 0.29) is 12.4 Å². The number of allylic oxidation sites excluding steroid dienone is 2. The standard InChI is InChI=1S/C16H30N2O/c1-3-4-5-6-7-8-9-10-11-12-16-17-13-14-18(16)15(2)19/h6-7,13,15-16,19H,3-5,8-12,14H2,1-2H3/b7-6+. The van der Waals surface area contributed by atoms with E-state index in [4.69, 9.17) is 0 Å². The quantitative estimate of drug-likeness (QED) is 0.483. The van der Waals surface area contributed by atoms with Crippen molar-refractivity contribution in [2.75, 3.05) is 6.54 Å². The minimum atomic E-state index is -0.381. The van der Waals surface area contributed by atoms with Crippen LogP contribution in [0.25, 0.3) is 0 Å². The first-order valence-corrected chi connectivity index (χ1v) is 7.86. The molecular formula is C16H30N2O. The van der Waals surface area contributed by atoms with Gasteiger partial charge in [0.1, 0.15) is 12.4 Å². The molecule has 1 aliphatic rings. The fourth-order valence-corrected chi connectivity index (χ4v) is 2.44. The first kappa shape index (κ1) is 16.4. The SMILES string of the molecule is CCCC/C=C/CCCCCC1N=CCN1C(C)O. The summed E-state index contributed by atoms with van der Waals surface area (Å²) in [6.07, 6.45) is 16.2. The van der Waals surface area contributed by atoms with Gasteiger partial charge < -0.3 is 5.11 Å². The third-order valence-corrected chi connectivity index (χ3v) is 3.66.